The lowest BCUT2D eigenvalue weighted by Crippen LogP contribution is -2.48. The summed E-state index contributed by atoms with van der Waals surface area (Å²) >= 11 is 0. The van der Waals surface area contributed by atoms with E-state index in [0.29, 0.717) is 5.92 Å². The fourth-order valence-corrected chi connectivity index (χ4v) is 2.51. The van der Waals surface area contributed by atoms with E-state index in [2.05, 4.69) is 6.92 Å². The molecule has 0 saturated heterocycles. The molecule has 1 rings (SSSR count). The van der Waals surface area contributed by atoms with Crippen molar-refractivity contribution in [1.82, 2.24) is 0 Å². The van der Waals surface area contributed by atoms with Crippen molar-refractivity contribution in [3.05, 3.63) is 0 Å². The maximum atomic E-state index is 10.8. The van der Waals surface area contributed by atoms with Crippen LogP contribution in [0, 0.1) is 11.3 Å². The summed E-state index contributed by atoms with van der Waals surface area (Å²) in [4.78, 5) is 10.8. The minimum Gasteiger partial charge on any atom is -0.479 e. The Morgan fingerprint density at radius 3 is 2.79 bits per heavy atom. The molecule has 3 unspecified atom stereocenters. The standard InChI is InChI=1S/C10H19NO3/c1-7-3-2-4-10(5-7,6-11)8(12)9(13)14/h7-8,12H,2-6,11H2,1H3,(H,13,14). The van der Waals surface area contributed by atoms with Gasteiger partial charge in [-0.1, -0.05) is 19.8 Å². The van der Waals surface area contributed by atoms with E-state index in [0.717, 1.165) is 25.7 Å². The van der Waals surface area contributed by atoms with E-state index in [1.165, 1.54) is 0 Å². The Balaban J connectivity index is 2.78. The van der Waals surface area contributed by atoms with Crippen LogP contribution in [0.4, 0.5) is 0 Å². The van der Waals surface area contributed by atoms with Gasteiger partial charge in [0.15, 0.2) is 6.10 Å². The number of carbonyl (C=O) groups is 1. The Hall–Kier alpha value is -0.610. The minimum absolute atomic E-state index is 0.255. The Bertz CT molecular complexity index is 219. The van der Waals surface area contributed by atoms with Crippen LogP contribution in [0.15, 0.2) is 0 Å². The van der Waals surface area contributed by atoms with Gasteiger partial charge in [-0.05, 0) is 18.8 Å². The summed E-state index contributed by atoms with van der Waals surface area (Å²) in [5.41, 5.74) is 5.02. The fourth-order valence-electron chi connectivity index (χ4n) is 2.51. The van der Waals surface area contributed by atoms with Crippen molar-refractivity contribution in [3.8, 4) is 0 Å². The summed E-state index contributed by atoms with van der Waals surface area (Å²) in [7, 11) is 0. The fraction of sp³-hybridized carbons (Fsp3) is 0.900. The Morgan fingerprint density at radius 2 is 2.36 bits per heavy atom. The Morgan fingerprint density at radius 1 is 1.71 bits per heavy atom. The van der Waals surface area contributed by atoms with Crippen LogP contribution in [-0.2, 0) is 4.79 Å². The highest BCUT2D eigenvalue weighted by Crippen LogP contribution is 2.41. The molecule has 1 aliphatic rings. The van der Waals surface area contributed by atoms with Gasteiger partial charge < -0.3 is 15.9 Å². The van der Waals surface area contributed by atoms with Crippen LogP contribution >= 0.6 is 0 Å². The molecular formula is C10H19NO3. The zero-order valence-corrected chi connectivity index (χ0v) is 8.57. The number of carboxylic acids is 1. The first-order valence-electron chi connectivity index (χ1n) is 5.13. The van der Waals surface area contributed by atoms with Gasteiger partial charge in [0.1, 0.15) is 0 Å². The lowest BCUT2D eigenvalue weighted by molar-refractivity contribution is -0.156. The SMILES string of the molecule is CC1CCCC(CN)(C(O)C(=O)O)C1. The van der Waals surface area contributed by atoms with Crippen LogP contribution in [0.1, 0.15) is 32.6 Å². The third-order valence-electron chi connectivity index (χ3n) is 3.35. The van der Waals surface area contributed by atoms with E-state index in [4.69, 9.17) is 10.8 Å². The maximum Gasteiger partial charge on any atom is 0.333 e. The number of hydrogen-bond donors (Lipinski definition) is 3. The topological polar surface area (TPSA) is 83.5 Å². The molecule has 4 nitrogen and oxygen atoms in total. The predicted octanol–water partition coefficient (Wildman–Crippen LogP) is 0.587. The second-order valence-electron chi connectivity index (χ2n) is 4.51. The maximum absolute atomic E-state index is 10.8. The van der Waals surface area contributed by atoms with Crippen molar-refractivity contribution >= 4 is 5.97 Å². The molecule has 0 heterocycles. The molecule has 0 radical (unpaired) electrons. The van der Waals surface area contributed by atoms with Crippen LogP contribution in [0.25, 0.3) is 0 Å². The first-order valence-corrected chi connectivity index (χ1v) is 5.13. The number of aliphatic carboxylic acids is 1. The molecule has 14 heavy (non-hydrogen) atoms. The molecule has 1 fully saturated rings. The summed E-state index contributed by atoms with van der Waals surface area (Å²) in [6.45, 7) is 2.34. The largest absolute Gasteiger partial charge is 0.479 e. The summed E-state index contributed by atoms with van der Waals surface area (Å²) < 4.78 is 0. The second kappa shape index (κ2) is 4.28. The second-order valence-corrected chi connectivity index (χ2v) is 4.51. The van der Waals surface area contributed by atoms with Crippen LogP contribution in [0.3, 0.4) is 0 Å². The van der Waals surface area contributed by atoms with Crippen LogP contribution in [-0.4, -0.2) is 28.8 Å². The van der Waals surface area contributed by atoms with Gasteiger partial charge in [0.25, 0.3) is 0 Å². The molecule has 4 heteroatoms. The van der Waals surface area contributed by atoms with E-state index < -0.39 is 17.5 Å². The molecule has 4 N–H and O–H groups in total. The van der Waals surface area contributed by atoms with Gasteiger partial charge in [0.2, 0.25) is 0 Å². The van der Waals surface area contributed by atoms with Crippen molar-refractivity contribution in [1.29, 1.82) is 0 Å². The van der Waals surface area contributed by atoms with Gasteiger partial charge in [-0.15, -0.1) is 0 Å². The number of carboxylic acid groups (broad SMARTS) is 1. The minimum atomic E-state index is -1.31. The van der Waals surface area contributed by atoms with Crippen molar-refractivity contribution in [2.24, 2.45) is 17.1 Å². The first-order chi connectivity index (χ1) is 6.52. The van der Waals surface area contributed by atoms with E-state index in [1.807, 2.05) is 0 Å². The Kier molecular flexibility index (Phi) is 3.50. The summed E-state index contributed by atoms with van der Waals surface area (Å²) in [5, 5.41) is 18.5. The number of nitrogens with two attached hydrogens (primary N) is 1. The smallest absolute Gasteiger partial charge is 0.333 e. The van der Waals surface area contributed by atoms with Crippen molar-refractivity contribution in [2.45, 2.75) is 38.7 Å². The summed E-state index contributed by atoms with van der Waals surface area (Å²) in [6.07, 6.45) is 2.20. The lowest BCUT2D eigenvalue weighted by Gasteiger charge is -2.40. The molecule has 3 atom stereocenters. The van der Waals surface area contributed by atoms with Gasteiger partial charge in [-0.3, -0.25) is 0 Å². The Labute approximate surface area is 84.1 Å². The number of aliphatic hydroxyl groups excluding tert-OH is 1. The normalized spacial score (nSPS) is 35.2. The van der Waals surface area contributed by atoms with Gasteiger partial charge in [-0.25, -0.2) is 4.79 Å². The van der Waals surface area contributed by atoms with Gasteiger partial charge >= 0.3 is 5.97 Å². The van der Waals surface area contributed by atoms with Crippen LogP contribution < -0.4 is 5.73 Å². The highest BCUT2D eigenvalue weighted by Gasteiger charge is 2.43. The van der Waals surface area contributed by atoms with Crippen molar-refractivity contribution in [2.75, 3.05) is 6.54 Å². The molecular weight excluding hydrogens is 182 g/mol. The number of aliphatic hydroxyl groups is 1. The molecule has 0 aromatic heterocycles. The van der Waals surface area contributed by atoms with Gasteiger partial charge in [-0.2, -0.15) is 0 Å². The van der Waals surface area contributed by atoms with Gasteiger partial charge in [0.05, 0.1) is 0 Å². The highest BCUT2D eigenvalue weighted by atomic mass is 16.4. The quantitative estimate of drug-likeness (QED) is 0.624. The molecule has 1 saturated carbocycles. The molecule has 0 aromatic rings. The third-order valence-corrected chi connectivity index (χ3v) is 3.35. The van der Waals surface area contributed by atoms with E-state index in [9.17, 15) is 9.90 Å². The first kappa shape index (κ1) is 11.5. The number of hydrogen-bond acceptors (Lipinski definition) is 3. The van der Waals surface area contributed by atoms with Crippen LogP contribution in [0.2, 0.25) is 0 Å². The summed E-state index contributed by atoms with van der Waals surface area (Å²) in [6, 6.07) is 0. The molecule has 0 aromatic carbocycles. The zero-order valence-electron chi connectivity index (χ0n) is 8.57. The predicted molar refractivity (Wildman–Crippen MR) is 52.8 cm³/mol. The molecule has 1 aliphatic carbocycles. The number of rotatable bonds is 3. The summed E-state index contributed by atoms with van der Waals surface area (Å²) in [5.74, 6) is -0.689. The van der Waals surface area contributed by atoms with E-state index in [-0.39, 0.29) is 6.54 Å². The average molecular weight is 201 g/mol. The van der Waals surface area contributed by atoms with Crippen molar-refractivity contribution in [3.63, 3.8) is 0 Å². The highest BCUT2D eigenvalue weighted by molar-refractivity contribution is 5.73. The lowest BCUT2D eigenvalue weighted by atomic mass is 9.67. The van der Waals surface area contributed by atoms with E-state index in [1.54, 1.807) is 0 Å². The molecule has 0 amide bonds. The molecule has 0 spiro atoms. The molecule has 82 valence electrons. The van der Waals surface area contributed by atoms with Crippen LogP contribution in [0.5, 0.6) is 0 Å². The monoisotopic (exact) mass is 201 g/mol. The molecule has 0 aliphatic heterocycles. The zero-order chi connectivity index (χ0) is 10.8. The van der Waals surface area contributed by atoms with Gasteiger partial charge in [0, 0.05) is 12.0 Å². The van der Waals surface area contributed by atoms with E-state index >= 15 is 0 Å². The average Bonchev–Trinajstić information content (AvgIpc) is 2.16. The molecule has 0 bridgehead atoms. The third kappa shape index (κ3) is 2.07. The van der Waals surface area contributed by atoms with Crippen molar-refractivity contribution < 1.29 is 15.0 Å².